The van der Waals surface area contributed by atoms with Crippen LogP contribution in [0.2, 0.25) is 0 Å². The van der Waals surface area contributed by atoms with Crippen molar-refractivity contribution in [1.82, 2.24) is 4.90 Å². The number of likely N-dealkylation sites (tertiary alicyclic amines) is 1. The minimum absolute atomic E-state index is 0.0201. The number of amides is 1. The molecule has 5 heteroatoms. The molecule has 0 bridgehead atoms. The minimum Gasteiger partial charge on any atom is -0.380 e. The van der Waals surface area contributed by atoms with Crippen LogP contribution in [0.25, 0.3) is 0 Å². The maximum Gasteiger partial charge on any atom is 0.245 e. The number of nitrogens with zero attached hydrogens (tertiary/aromatic N) is 1. The Balaban J connectivity index is 1.98. The smallest absolute Gasteiger partial charge is 0.245 e. The quantitative estimate of drug-likeness (QED) is 0.707. The number of hydrogen-bond acceptors (Lipinski definition) is 4. The van der Waals surface area contributed by atoms with Crippen LogP contribution < -0.4 is 5.73 Å². The Morgan fingerprint density at radius 1 is 1.62 bits per heavy atom. The van der Waals surface area contributed by atoms with Crippen LogP contribution >= 0.6 is 0 Å². The molecule has 1 amide bonds. The molecule has 2 fully saturated rings. The normalized spacial score (nSPS) is 35.4. The number of methoxy groups -OCH3 is 1. The van der Waals surface area contributed by atoms with Crippen molar-refractivity contribution in [2.45, 2.75) is 30.9 Å². The fourth-order valence-corrected chi connectivity index (χ4v) is 2.38. The lowest BCUT2D eigenvalue weighted by molar-refractivity contribution is -0.140. The highest BCUT2D eigenvalue weighted by Crippen LogP contribution is 2.21. The Morgan fingerprint density at radius 2 is 2.44 bits per heavy atom. The average molecular weight is 228 g/mol. The Kier molecular flexibility index (Phi) is 3.47. The third kappa shape index (κ3) is 2.21. The summed E-state index contributed by atoms with van der Waals surface area (Å²) in [5.74, 6) is 0.0201. The van der Waals surface area contributed by atoms with Gasteiger partial charge in [0.05, 0.1) is 12.7 Å². The van der Waals surface area contributed by atoms with Crippen LogP contribution in [0, 0.1) is 0 Å². The maximum absolute atomic E-state index is 12.2. The molecular weight excluding hydrogens is 208 g/mol. The van der Waals surface area contributed by atoms with Crippen LogP contribution in [0.15, 0.2) is 0 Å². The third-order valence-corrected chi connectivity index (χ3v) is 3.48. The molecule has 2 aliphatic heterocycles. The fraction of sp³-hybridized carbons (Fsp3) is 0.909. The molecule has 0 aromatic heterocycles. The minimum atomic E-state index is -0.796. The van der Waals surface area contributed by atoms with Gasteiger partial charge in [-0.2, -0.15) is 0 Å². The van der Waals surface area contributed by atoms with Gasteiger partial charge in [-0.3, -0.25) is 4.79 Å². The monoisotopic (exact) mass is 228 g/mol. The SMILES string of the molecule is COC1CCCN(C(=O)C2(N)CCOC2)C1. The number of carbonyl (C=O) groups excluding carboxylic acids is 1. The van der Waals surface area contributed by atoms with Gasteiger partial charge in [-0.05, 0) is 19.3 Å². The van der Waals surface area contributed by atoms with Crippen molar-refractivity contribution < 1.29 is 14.3 Å². The summed E-state index contributed by atoms with van der Waals surface area (Å²) >= 11 is 0. The van der Waals surface area contributed by atoms with E-state index in [2.05, 4.69) is 0 Å². The van der Waals surface area contributed by atoms with Crippen LogP contribution in [0.1, 0.15) is 19.3 Å². The average Bonchev–Trinajstić information content (AvgIpc) is 2.76. The van der Waals surface area contributed by atoms with Gasteiger partial charge in [0, 0.05) is 26.8 Å². The lowest BCUT2D eigenvalue weighted by Gasteiger charge is -2.36. The lowest BCUT2D eigenvalue weighted by Crippen LogP contribution is -2.58. The van der Waals surface area contributed by atoms with Crippen molar-refractivity contribution in [1.29, 1.82) is 0 Å². The zero-order chi connectivity index (χ0) is 11.6. The summed E-state index contributed by atoms with van der Waals surface area (Å²) in [6.07, 6.45) is 2.79. The van der Waals surface area contributed by atoms with E-state index in [1.807, 2.05) is 4.90 Å². The second kappa shape index (κ2) is 4.69. The summed E-state index contributed by atoms with van der Waals surface area (Å²) in [5.41, 5.74) is 5.27. The first-order valence-corrected chi connectivity index (χ1v) is 5.84. The molecule has 0 saturated carbocycles. The molecule has 2 saturated heterocycles. The highest BCUT2D eigenvalue weighted by Gasteiger charge is 2.42. The summed E-state index contributed by atoms with van der Waals surface area (Å²) in [6.45, 7) is 2.38. The van der Waals surface area contributed by atoms with E-state index < -0.39 is 5.54 Å². The Morgan fingerprint density at radius 3 is 3.06 bits per heavy atom. The van der Waals surface area contributed by atoms with Crippen molar-refractivity contribution in [3.63, 3.8) is 0 Å². The predicted molar refractivity (Wildman–Crippen MR) is 59.0 cm³/mol. The fourth-order valence-electron chi connectivity index (χ4n) is 2.38. The van der Waals surface area contributed by atoms with Crippen molar-refractivity contribution in [2.75, 3.05) is 33.4 Å². The molecule has 0 spiro atoms. The van der Waals surface area contributed by atoms with E-state index in [1.54, 1.807) is 7.11 Å². The Hall–Kier alpha value is -0.650. The molecule has 0 aliphatic carbocycles. The van der Waals surface area contributed by atoms with E-state index in [1.165, 1.54) is 0 Å². The standard InChI is InChI=1S/C11H20N2O3/c1-15-9-3-2-5-13(7-9)10(14)11(12)4-6-16-8-11/h9H,2-8,12H2,1H3. The summed E-state index contributed by atoms with van der Waals surface area (Å²) in [5, 5.41) is 0. The van der Waals surface area contributed by atoms with Crippen LogP contribution in [0.3, 0.4) is 0 Å². The van der Waals surface area contributed by atoms with Gasteiger partial charge in [-0.1, -0.05) is 0 Å². The summed E-state index contributed by atoms with van der Waals surface area (Å²) in [4.78, 5) is 14.1. The zero-order valence-electron chi connectivity index (χ0n) is 9.78. The van der Waals surface area contributed by atoms with E-state index in [0.29, 0.717) is 26.2 Å². The van der Waals surface area contributed by atoms with Crippen LogP contribution in [0.5, 0.6) is 0 Å². The van der Waals surface area contributed by atoms with Crippen molar-refractivity contribution in [3.05, 3.63) is 0 Å². The molecule has 5 nitrogen and oxygen atoms in total. The van der Waals surface area contributed by atoms with Gasteiger partial charge in [-0.25, -0.2) is 0 Å². The number of carbonyl (C=O) groups is 1. The van der Waals surface area contributed by atoms with Crippen LogP contribution in [-0.2, 0) is 14.3 Å². The number of nitrogens with two attached hydrogens (primary N) is 1. The van der Waals surface area contributed by atoms with Crippen molar-refractivity contribution in [3.8, 4) is 0 Å². The molecular formula is C11H20N2O3. The molecule has 2 atom stereocenters. The largest absolute Gasteiger partial charge is 0.380 e. The second-order valence-electron chi connectivity index (χ2n) is 4.71. The molecule has 2 aliphatic rings. The predicted octanol–water partition coefficient (Wildman–Crippen LogP) is -0.258. The zero-order valence-corrected chi connectivity index (χ0v) is 9.78. The highest BCUT2D eigenvalue weighted by molar-refractivity contribution is 5.86. The van der Waals surface area contributed by atoms with Crippen molar-refractivity contribution in [2.24, 2.45) is 5.73 Å². The van der Waals surface area contributed by atoms with Crippen LogP contribution in [0.4, 0.5) is 0 Å². The molecule has 2 unspecified atom stereocenters. The summed E-state index contributed by atoms with van der Waals surface area (Å²) in [7, 11) is 1.69. The molecule has 0 aromatic carbocycles. The van der Waals surface area contributed by atoms with Gasteiger partial charge in [0.25, 0.3) is 0 Å². The molecule has 2 heterocycles. The highest BCUT2D eigenvalue weighted by atomic mass is 16.5. The summed E-state index contributed by atoms with van der Waals surface area (Å²) < 4.78 is 10.5. The molecule has 2 N–H and O–H groups in total. The topological polar surface area (TPSA) is 64.8 Å². The van der Waals surface area contributed by atoms with Gasteiger partial charge in [0.2, 0.25) is 5.91 Å². The first-order chi connectivity index (χ1) is 7.65. The second-order valence-corrected chi connectivity index (χ2v) is 4.71. The van der Waals surface area contributed by atoms with Crippen LogP contribution in [-0.4, -0.2) is 55.9 Å². The van der Waals surface area contributed by atoms with Gasteiger partial charge in [-0.15, -0.1) is 0 Å². The number of ether oxygens (including phenoxy) is 2. The van der Waals surface area contributed by atoms with Gasteiger partial charge in [0.1, 0.15) is 5.54 Å². The molecule has 16 heavy (non-hydrogen) atoms. The van der Waals surface area contributed by atoms with Gasteiger partial charge < -0.3 is 20.1 Å². The first-order valence-electron chi connectivity index (χ1n) is 5.84. The van der Waals surface area contributed by atoms with E-state index in [-0.39, 0.29) is 12.0 Å². The Labute approximate surface area is 95.9 Å². The van der Waals surface area contributed by atoms with E-state index in [9.17, 15) is 4.79 Å². The number of rotatable bonds is 2. The van der Waals surface area contributed by atoms with E-state index in [4.69, 9.17) is 15.2 Å². The molecule has 92 valence electrons. The maximum atomic E-state index is 12.2. The lowest BCUT2D eigenvalue weighted by atomic mass is 9.96. The van der Waals surface area contributed by atoms with E-state index >= 15 is 0 Å². The number of hydrogen-bond donors (Lipinski definition) is 1. The third-order valence-electron chi connectivity index (χ3n) is 3.48. The van der Waals surface area contributed by atoms with Gasteiger partial charge in [0.15, 0.2) is 0 Å². The van der Waals surface area contributed by atoms with Crippen molar-refractivity contribution >= 4 is 5.91 Å². The van der Waals surface area contributed by atoms with E-state index in [0.717, 1.165) is 19.4 Å². The molecule has 2 rings (SSSR count). The van der Waals surface area contributed by atoms with Gasteiger partial charge >= 0.3 is 0 Å². The summed E-state index contributed by atoms with van der Waals surface area (Å²) in [6, 6.07) is 0. The number of piperidine rings is 1. The first kappa shape index (κ1) is 11.8. The Bertz CT molecular complexity index is 264. The molecule has 0 aromatic rings. The molecule has 0 radical (unpaired) electrons.